The van der Waals surface area contributed by atoms with Crippen molar-refractivity contribution < 1.29 is 18.7 Å². The molecule has 0 aliphatic carbocycles. The summed E-state index contributed by atoms with van der Waals surface area (Å²) in [6.07, 6.45) is 0.0923. The van der Waals surface area contributed by atoms with E-state index in [1.165, 1.54) is 11.0 Å². The number of methoxy groups -OCH3 is 1. The van der Waals surface area contributed by atoms with Gasteiger partial charge < -0.3 is 14.5 Å². The summed E-state index contributed by atoms with van der Waals surface area (Å²) in [7, 11) is 3.37. The third kappa shape index (κ3) is 3.85. The Morgan fingerprint density at radius 3 is 2.63 bits per heavy atom. The van der Waals surface area contributed by atoms with Gasteiger partial charge in [-0.15, -0.1) is 0 Å². The maximum Gasteiger partial charge on any atom is 0.228 e. The zero-order valence-corrected chi connectivity index (χ0v) is 17.0. The van der Waals surface area contributed by atoms with Crippen molar-refractivity contribution >= 4 is 28.3 Å². The maximum absolute atomic E-state index is 14.1. The van der Waals surface area contributed by atoms with Crippen LogP contribution < -0.4 is 9.64 Å². The van der Waals surface area contributed by atoms with Gasteiger partial charge in [0, 0.05) is 26.6 Å². The van der Waals surface area contributed by atoms with Crippen LogP contribution in [-0.2, 0) is 16.1 Å². The third-order valence-corrected chi connectivity index (χ3v) is 5.53. The molecule has 0 saturated carbocycles. The Labute approximate surface area is 174 Å². The maximum atomic E-state index is 14.1. The molecule has 6 heteroatoms. The van der Waals surface area contributed by atoms with Crippen LogP contribution in [0.4, 0.5) is 10.1 Å². The molecule has 0 radical (unpaired) electrons. The molecule has 1 aliphatic heterocycles. The Morgan fingerprint density at radius 2 is 1.87 bits per heavy atom. The number of ether oxygens (including phenoxy) is 1. The zero-order chi connectivity index (χ0) is 21.3. The van der Waals surface area contributed by atoms with Crippen LogP contribution in [0.25, 0.3) is 10.8 Å². The number of nitrogens with zero attached hydrogens (tertiary/aromatic N) is 2. The Kier molecular flexibility index (Phi) is 5.40. The Balaban J connectivity index is 1.45. The summed E-state index contributed by atoms with van der Waals surface area (Å²) in [6, 6.07) is 18.0. The van der Waals surface area contributed by atoms with E-state index < -0.39 is 11.7 Å². The predicted octanol–water partition coefficient (Wildman–Crippen LogP) is 4.00. The molecule has 4 rings (SSSR count). The lowest BCUT2D eigenvalue weighted by molar-refractivity contribution is -0.135. The van der Waals surface area contributed by atoms with E-state index >= 15 is 0 Å². The number of amides is 2. The first-order valence-electron chi connectivity index (χ1n) is 9.83. The number of halogens is 1. The number of carbonyl (C=O) groups excluding carboxylic acids is 2. The van der Waals surface area contributed by atoms with Crippen molar-refractivity contribution in [1.82, 2.24) is 4.90 Å². The average Bonchev–Trinajstić information content (AvgIpc) is 3.14. The van der Waals surface area contributed by atoms with E-state index in [0.717, 1.165) is 22.1 Å². The van der Waals surface area contributed by atoms with Gasteiger partial charge in [0.15, 0.2) is 0 Å². The molecule has 0 spiro atoms. The number of fused-ring (bicyclic) bond motifs is 1. The average molecular weight is 406 g/mol. The van der Waals surface area contributed by atoms with Crippen molar-refractivity contribution in [3.8, 4) is 5.75 Å². The minimum absolute atomic E-state index is 0.0923. The van der Waals surface area contributed by atoms with Crippen LogP contribution in [-0.4, -0.2) is 37.4 Å². The summed E-state index contributed by atoms with van der Waals surface area (Å²) in [5, 5.41) is 2.13. The van der Waals surface area contributed by atoms with E-state index in [9.17, 15) is 14.0 Å². The molecule has 1 heterocycles. The molecular weight excluding hydrogens is 383 g/mol. The molecular formula is C24H23FN2O3. The summed E-state index contributed by atoms with van der Waals surface area (Å²) in [6.45, 7) is 0.631. The number of carbonyl (C=O) groups is 2. The summed E-state index contributed by atoms with van der Waals surface area (Å²) in [5.74, 6) is -0.483. The van der Waals surface area contributed by atoms with Gasteiger partial charge in [-0.05, 0) is 46.7 Å². The van der Waals surface area contributed by atoms with Crippen LogP contribution in [0.5, 0.6) is 5.75 Å². The van der Waals surface area contributed by atoms with Gasteiger partial charge in [-0.3, -0.25) is 9.59 Å². The third-order valence-electron chi connectivity index (χ3n) is 5.53. The molecule has 154 valence electrons. The fraction of sp³-hybridized carbons (Fsp3) is 0.250. The summed E-state index contributed by atoms with van der Waals surface area (Å²) in [4.78, 5) is 28.3. The topological polar surface area (TPSA) is 49.9 Å². The smallest absolute Gasteiger partial charge is 0.228 e. The number of hydrogen-bond acceptors (Lipinski definition) is 3. The highest BCUT2D eigenvalue weighted by Gasteiger charge is 2.37. The molecule has 0 aromatic heterocycles. The highest BCUT2D eigenvalue weighted by Crippen LogP contribution is 2.29. The minimum Gasteiger partial charge on any atom is -0.497 e. The lowest BCUT2D eigenvalue weighted by Gasteiger charge is -2.22. The van der Waals surface area contributed by atoms with E-state index in [4.69, 9.17) is 4.74 Å². The van der Waals surface area contributed by atoms with Crippen molar-refractivity contribution in [2.75, 3.05) is 25.6 Å². The fourth-order valence-corrected chi connectivity index (χ4v) is 3.94. The van der Waals surface area contributed by atoms with E-state index in [-0.39, 0.29) is 30.5 Å². The van der Waals surface area contributed by atoms with Crippen LogP contribution >= 0.6 is 0 Å². The van der Waals surface area contributed by atoms with Gasteiger partial charge in [0.1, 0.15) is 11.6 Å². The summed E-state index contributed by atoms with van der Waals surface area (Å²) >= 11 is 0. The van der Waals surface area contributed by atoms with E-state index in [1.807, 2.05) is 36.4 Å². The van der Waals surface area contributed by atoms with Gasteiger partial charge in [0.2, 0.25) is 11.8 Å². The summed E-state index contributed by atoms with van der Waals surface area (Å²) in [5.41, 5.74) is 1.23. The molecule has 0 unspecified atom stereocenters. The number of benzene rings is 3. The van der Waals surface area contributed by atoms with Gasteiger partial charge in [0.25, 0.3) is 0 Å². The molecule has 1 atom stereocenters. The monoisotopic (exact) mass is 406 g/mol. The van der Waals surface area contributed by atoms with Crippen molar-refractivity contribution in [3.63, 3.8) is 0 Å². The quantitative estimate of drug-likeness (QED) is 0.644. The molecule has 2 amide bonds. The Morgan fingerprint density at radius 1 is 1.13 bits per heavy atom. The van der Waals surface area contributed by atoms with Crippen LogP contribution in [0.2, 0.25) is 0 Å². The summed E-state index contributed by atoms with van der Waals surface area (Å²) < 4.78 is 19.3. The molecule has 5 nitrogen and oxygen atoms in total. The van der Waals surface area contributed by atoms with Crippen molar-refractivity contribution in [2.45, 2.75) is 13.0 Å². The predicted molar refractivity (Wildman–Crippen MR) is 114 cm³/mol. The van der Waals surface area contributed by atoms with Crippen molar-refractivity contribution in [1.29, 1.82) is 0 Å². The zero-order valence-electron chi connectivity index (χ0n) is 17.0. The van der Waals surface area contributed by atoms with Crippen LogP contribution in [0.1, 0.15) is 12.0 Å². The lowest BCUT2D eigenvalue weighted by atomic mass is 10.0. The van der Waals surface area contributed by atoms with E-state index in [2.05, 4.69) is 0 Å². The molecule has 1 saturated heterocycles. The van der Waals surface area contributed by atoms with Crippen LogP contribution in [0.3, 0.4) is 0 Å². The molecule has 0 N–H and O–H groups in total. The number of para-hydroxylation sites is 1. The number of rotatable bonds is 5. The Bertz CT molecular complexity index is 1110. The van der Waals surface area contributed by atoms with Gasteiger partial charge >= 0.3 is 0 Å². The molecule has 0 bridgehead atoms. The minimum atomic E-state index is -0.480. The second-order valence-corrected chi connectivity index (χ2v) is 7.60. The van der Waals surface area contributed by atoms with Gasteiger partial charge in [0.05, 0.1) is 18.7 Å². The first-order valence-corrected chi connectivity index (χ1v) is 9.83. The first kappa shape index (κ1) is 19.9. The normalized spacial score (nSPS) is 16.2. The fourth-order valence-electron chi connectivity index (χ4n) is 3.94. The highest BCUT2D eigenvalue weighted by molar-refractivity contribution is 6.00. The molecule has 3 aromatic carbocycles. The van der Waals surface area contributed by atoms with E-state index in [1.54, 1.807) is 37.3 Å². The van der Waals surface area contributed by atoms with Gasteiger partial charge in [-0.1, -0.05) is 30.3 Å². The van der Waals surface area contributed by atoms with Gasteiger partial charge in [-0.25, -0.2) is 4.39 Å². The Hall–Kier alpha value is -3.41. The molecule has 1 aliphatic rings. The highest BCUT2D eigenvalue weighted by atomic mass is 19.1. The van der Waals surface area contributed by atoms with Crippen molar-refractivity contribution in [3.05, 3.63) is 72.0 Å². The van der Waals surface area contributed by atoms with Crippen LogP contribution in [0.15, 0.2) is 60.7 Å². The SMILES string of the molecule is COc1ccc2cc(CN(C)C(=O)[C@H]3CC(=O)N(c4ccccc4F)C3)ccc2c1. The number of hydrogen-bond donors (Lipinski definition) is 0. The lowest BCUT2D eigenvalue weighted by Crippen LogP contribution is -2.34. The van der Waals surface area contributed by atoms with Crippen molar-refractivity contribution in [2.24, 2.45) is 5.92 Å². The second-order valence-electron chi connectivity index (χ2n) is 7.60. The van der Waals surface area contributed by atoms with Crippen LogP contribution in [0, 0.1) is 11.7 Å². The largest absolute Gasteiger partial charge is 0.497 e. The standard InChI is InChI=1S/C24H23FN2O3/c1-26(14-16-7-8-18-12-20(30-2)10-9-17(18)11-16)24(29)19-13-23(28)27(15-19)22-6-4-3-5-21(22)25/h3-12,19H,13-15H2,1-2H3/t19-/m0/s1. The molecule has 30 heavy (non-hydrogen) atoms. The second kappa shape index (κ2) is 8.14. The molecule has 1 fully saturated rings. The van der Waals surface area contributed by atoms with E-state index in [0.29, 0.717) is 6.54 Å². The first-order chi connectivity index (χ1) is 14.5. The van der Waals surface area contributed by atoms with Gasteiger partial charge in [-0.2, -0.15) is 0 Å². The molecule has 3 aromatic rings. The number of anilines is 1.